The fourth-order valence-electron chi connectivity index (χ4n) is 3.82. The number of piperidine rings is 1. The minimum Gasteiger partial charge on any atom is -0.361 e. The number of aromatic nitrogens is 1. The Morgan fingerprint density at radius 3 is 2.79 bits per heavy atom. The smallest absolute Gasteiger partial charge is 0.325 e. The third-order valence-electron chi connectivity index (χ3n) is 5.15. The first kappa shape index (κ1) is 17.0. The number of carbonyl (C=O) groups excluding carboxylic acids is 2. The topological polar surface area (TPSA) is 78.7 Å². The van der Waals surface area contributed by atoms with Gasteiger partial charge in [-0.15, -0.1) is 0 Å². The lowest BCUT2D eigenvalue weighted by Gasteiger charge is -2.39. The summed E-state index contributed by atoms with van der Waals surface area (Å²) >= 11 is 0. The van der Waals surface area contributed by atoms with Crippen LogP contribution in [0.2, 0.25) is 0 Å². The van der Waals surface area contributed by atoms with Crippen LogP contribution in [0.25, 0.3) is 0 Å². The van der Waals surface area contributed by atoms with Crippen molar-refractivity contribution >= 4 is 11.9 Å². The summed E-state index contributed by atoms with van der Waals surface area (Å²) in [5, 5.41) is 7.00. The first-order chi connectivity index (χ1) is 11.3. The van der Waals surface area contributed by atoms with Gasteiger partial charge in [0, 0.05) is 31.1 Å². The number of likely N-dealkylation sites (tertiary alicyclic amines) is 1. The van der Waals surface area contributed by atoms with Crippen LogP contribution in [0, 0.1) is 12.8 Å². The Kier molecular flexibility index (Phi) is 4.38. The average Bonchev–Trinajstić information content (AvgIpc) is 3.01. The molecule has 3 rings (SSSR count). The van der Waals surface area contributed by atoms with Gasteiger partial charge >= 0.3 is 6.03 Å². The number of hydrogen-bond acceptors (Lipinski definition) is 5. The molecular weight excluding hydrogens is 308 g/mol. The van der Waals surface area contributed by atoms with Crippen molar-refractivity contribution in [3.05, 3.63) is 17.5 Å². The third-order valence-corrected chi connectivity index (χ3v) is 5.15. The predicted octanol–water partition coefficient (Wildman–Crippen LogP) is 1.91. The number of nitrogens with one attached hydrogen (secondary N) is 1. The molecule has 7 nitrogen and oxygen atoms in total. The van der Waals surface area contributed by atoms with Gasteiger partial charge in [0.25, 0.3) is 5.91 Å². The second-order valence-electron chi connectivity index (χ2n) is 7.40. The molecule has 0 radical (unpaired) electrons. The van der Waals surface area contributed by atoms with Crippen LogP contribution < -0.4 is 5.32 Å². The van der Waals surface area contributed by atoms with E-state index in [2.05, 4.69) is 15.4 Å². The Hall–Kier alpha value is -1.89. The summed E-state index contributed by atoms with van der Waals surface area (Å²) in [7, 11) is 0. The van der Waals surface area contributed by atoms with Gasteiger partial charge in [-0.1, -0.05) is 5.16 Å². The minimum atomic E-state index is -0.820. The number of hydrogen-bond donors (Lipinski definition) is 1. The fraction of sp³-hybridized carbons (Fsp3) is 0.706. The van der Waals surface area contributed by atoms with Gasteiger partial charge in [0.2, 0.25) is 0 Å². The molecule has 1 aromatic rings. The van der Waals surface area contributed by atoms with Crippen LogP contribution in [0.1, 0.15) is 45.1 Å². The second kappa shape index (κ2) is 6.20. The molecular formula is C17H26N4O3. The summed E-state index contributed by atoms with van der Waals surface area (Å²) in [4.78, 5) is 28.7. The molecule has 2 aliphatic heterocycles. The molecule has 0 unspecified atom stereocenters. The zero-order chi connectivity index (χ0) is 17.5. The number of amides is 3. The maximum absolute atomic E-state index is 12.8. The number of urea groups is 1. The molecule has 2 atom stereocenters. The Bertz CT molecular complexity index is 642. The van der Waals surface area contributed by atoms with Gasteiger partial charge in [0.05, 0.1) is 5.69 Å². The highest BCUT2D eigenvalue weighted by Gasteiger charge is 2.53. The highest BCUT2D eigenvalue weighted by Crippen LogP contribution is 2.33. The molecule has 3 heterocycles. The quantitative estimate of drug-likeness (QED) is 0.851. The summed E-state index contributed by atoms with van der Waals surface area (Å²) in [6, 6.07) is 1.53. The van der Waals surface area contributed by atoms with Crippen molar-refractivity contribution in [1.82, 2.24) is 20.3 Å². The largest absolute Gasteiger partial charge is 0.361 e. The molecule has 2 aliphatic rings. The van der Waals surface area contributed by atoms with E-state index in [-0.39, 0.29) is 23.9 Å². The third kappa shape index (κ3) is 2.92. The monoisotopic (exact) mass is 334 g/mol. The molecule has 2 fully saturated rings. The van der Waals surface area contributed by atoms with E-state index in [9.17, 15) is 9.59 Å². The Labute approximate surface area is 142 Å². The maximum atomic E-state index is 12.8. The first-order valence-corrected chi connectivity index (χ1v) is 8.61. The molecule has 1 N–H and O–H groups in total. The van der Waals surface area contributed by atoms with E-state index in [1.165, 1.54) is 4.90 Å². The van der Waals surface area contributed by atoms with E-state index in [0.29, 0.717) is 6.54 Å². The van der Waals surface area contributed by atoms with Gasteiger partial charge in [-0.3, -0.25) is 14.6 Å². The van der Waals surface area contributed by atoms with Crippen molar-refractivity contribution < 1.29 is 14.1 Å². The number of rotatable bonds is 4. The summed E-state index contributed by atoms with van der Waals surface area (Å²) < 4.78 is 5.13. The van der Waals surface area contributed by atoms with Crippen molar-refractivity contribution in [3.63, 3.8) is 0 Å². The van der Waals surface area contributed by atoms with Gasteiger partial charge in [-0.05, 0) is 47.1 Å². The summed E-state index contributed by atoms with van der Waals surface area (Å²) in [5.74, 6) is 0.794. The van der Waals surface area contributed by atoms with Crippen molar-refractivity contribution in [2.45, 2.75) is 58.7 Å². The van der Waals surface area contributed by atoms with Crippen LogP contribution in [0.5, 0.6) is 0 Å². The zero-order valence-corrected chi connectivity index (χ0v) is 14.8. The minimum absolute atomic E-state index is 0.0967. The van der Waals surface area contributed by atoms with Crippen LogP contribution in [-0.2, 0) is 11.3 Å². The number of imide groups is 1. The Morgan fingerprint density at radius 2 is 2.21 bits per heavy atom. The summed E-state index contributed by atoms with van der Waals surface area (Å²) in [6.45, 7) is 9.91. The van der Waals surface area contributed by atoms with Crippen molar-refractivity contribution in [2.24, 2.45) is 5.92 Å². The molecule has 132 valence electrons. The van der Waals surface area contributed by atoms with Crippen molar-refractivity contribution in [2.75, 3.05) is 13.1 Å². The van der Waals surface area contributed by atoms with Gasteiger partial charge in [-0.25, -0.2) is 4.79 Å². The lowest BCUT2D eigenvalue weighted by atomic mass is 9.79. The van der Waals surface area contributed by atoms with Gasteiger partial charge < -0.3 is 9.84 Å². The van der Waals surface area contributed by atoms with Gasteiger partial charge in [0.15, 0.2) is 0 Å². The molecule has 24 heavy (non-hydrogen) atoms. The molecule has 0 spiro atoms. The second-order valence-corrected chi connectivity index (χ2v) is 7.40. The van der Waals surface area contributed by atoms with E-state index >= 15 is 0 Å². The van der Waals surface area contributed by atoms with Crippen molar-refractivity contribution in [1.29, 1.82) is 0 Å². The molecule has 0 aromatic carbocycles. The maximum Gasteiger partial charge on any atom is 0.325 e. The lowest BCUT2D eigenvalue weighted by molar-refractivity contribution is -0.134. The molecule has 2 saturated heterocycles. The van der Waals surface area contributed by atoms with E-state index in [1.54, 1.807) is 0 Å². The van der Waals surface area contributed by atoms with E-state index in [0.717, 1.165) is 37.4 Å². The number of aryl methyl sites for hydroxylation is 1. The molecule has 3 amide bonds. The normalized spacial score (nSPS) is 28.7. The van der Waals surface area contributed by atoms with E-state index in [1.807, 2.05) is 33.8 Å². The molecule has 0 bridgehead atoms. The zero-order valence-electron chi connectivity index (χ0n) is 14.8. The molecule has 0 aliphatic carbocycles. The highest BCUT2D eigenvalue weighted by atomic mass is 16.5. The summed E-state index contributed by atoms with van der Waals surface area (Å²) in [5.41, 5.74) is 0.0867. The molecule has 1 aromatic heterocycles. The average molecular weight is 334 g/mol. The van der Waals surface area contributed by atoms with Crippen LogP contribution in [-0.4, -0.2) is 51.6 Å². The first-order valence-electron chi connectivity index (χ1n) is 8.61. The van der Waals surface area contributed by atoms with E-state index in [4.69, 9.17) is 4.52 Å². The van der Waals surface area contributed by atoms with E-state index < -0.39 is 5.54 Å². The number of carbonyl (C=O) groups is 2. The van der Waals surface area contributed by atoms with Crippen molar-refractivity contribution in [3.8, 4) is 0 Å². The SMILES string of the molecule is Cc1cc(CN2CCC[C@H]([C@]3(C)NC(=O)N(C(C)C)C3=O)C2)no1. The fourth-order valence-corrected chi connectivity index (χ4v) is 3.82. The lowest BCUT2D eigenvalue weighted by Crippen LogP contribution is -2.56. The van der Waals surface area contributed by atoms with Crippen LogP contribution >= 0.6 is 0 Å². The molecule has 7 heteroatoms. The Morgan fingerprint density at radius 1 is 1.46 bits per heavy atom. The standard InChI is InChI=1S/C17H26N4O3/c1-11(2)21-15(22)17(4,18-16(21)23)13-6-5-7-20(9-13)10-14-8-12(3)24-19-14/h8,11,13H,5-7,9-10H2,1-4H3,(H,18,23)/t13-,17-/m0/s1. The Balaban J connectivity index is 1.72. The summed E-state index contributed by atoms with van der Waals surface area (Å²) in [6.07, 6.45) is 1.94. The van der Waals surface area contributed by atoms with Crippen LogP contribution in [0.3, 0.4) is 0 Å². The highest BCUT2D eigenvalue weighted by molar-refractivity contribution is 6.07. The van der Waals surface area contributed by atoms with Gasteiger partial charge in [0.1, 0.15) is 11.3 Å². The van der Waals surface area contributed by atoms with Crippen LogP contribution in [0.15, 0.2) is 10.6 Å². The number of nitrogens with zero attached hydrogens (tertiary/aromatic N) is 3. The van der Waals surface area contributed by atoms with Gasteiger partial charge in [-0.2, -0.15) is 0 Å². The van der Waals surface area contributed by atoms with Crippen LogP contribution in [0.4, 0.5) is 4.79 Å². The molecule has 0 saturated carbocycles. The predicted molar refractivity (Wildman–Crippen MR) is 88.2 cm³/mol.